The van der Waals surface area contributed by atoms with Gasteiger partial charge in [-0.3, -0.25) is 14.2 Å². The van der Waals surface area contributed by atoms with Crippen LogP contribution in [0.1, 0.15) is 35.5 Å². The van der Waals surface area contributed by atoms with E-state index in [1.165, 1.54) is 10.4 Å². The molecule has 0 saturated carbocycles. The van der Waals surface area contributed by atoms with Crippen molar-refractivity contribution in [1.29, 1.82) is 0 Å². The highest BCUT2D eigenvalue weighted by Gasteiger charge is 2.23. The maximum Gasteiger partial charge on any atom is 0.262 e. The van der Waals surface area contributed by atoms with Crippen molar-refractivity contribution in [2.24, 2.45) is 5.73 Å². The molecule has 0 spiro atoms. The van der Waals surface area contributed by atoms with Crippen LogP contribution in [0.5, 0.6) is 0 Å². The molecular weight excluding hydrogens is 314 g/mol. The highest BCUT2D eigenvalue weighted by atomic mass is 32.1. The maximum absolute atomic E-state index is 13.0. The number of ether oxygens (including phenoxy) is 1. The fourth-order valence-electron chi connectivity index (χ4n) is 3.15. The van der Waals surface area contributed by atoms with Gasteiger partial charge in [0.1, 0.15) is 10.7 Å². The van der Waals surface area contributed by atoms with E-state index in [9.17, 15) is 9.59 Å². The smallest absolute Gasteiger partial charge is 0.262 e. The Hall–Kier alpha value is -1.73. The number of fused-ring (bicyclic) bond motifs is 3. The molecule has 2 N–H and O–H groups in total. The minimum Gasteiger partial charge on any atom is -0.384 e. The van der Waals surface area contributed by atoms with Gasteiger partial charge in [0.25, 0.3) is 5.56 Å². The Balaban J connectivity index is 2.03. The zero-order chi connectivity index (χ0) is 16.4. The molecule has 7 heteroatoms. The van der Waals surface area contributed by atoms with Crippen molar-refractivity contribution in [3.05, 3.63) is 26.6 Å². The van der Waals surface area contributed by atoms with Crippen molar-refractivity contribution in [3.8, 4) is 0 Å². The van der Waals surface area contributed by atoms with E-state index in [0.717, 1.165) is 35.3 Å². The molecule has 0 radical (unpaired) electrons. The number of aryl methyl sites for hydroxylation is 2. The number of amides is 1. The van der Waals surface area contributed by atoms with Crippen molar-refractivity contribution in [1.82, 2.24) is 9.55 Å². The molecule has 0 fully saturated rings. The lowest BCUT2D eigenvalue weighted by Crippen LogP contribution is -2.27. The van der Waals surface area contributed by atoms with Crippen molar-refractivity contribution in [2.75, 3.05) is 13.7 Å². The van der Waals surface area contributed by atoms with Gasteiger partial charge in [-0.1, -0.05) is 0 Å². The number of rotatable bonds is 7. The van der Waals surface area contributed by atoms with E-state index in [1.54, 1.807) is 23.0 Å². The number of carbonyl (C=O) groups excluding carboxylic acids is 1. The van der Waals surface area contributed by atoms with Gasteiger partial charge in [-0.05, 0) is 31.2 Å². The maximum atomic E-state index is 13.0. The first-order valence-corrected chi connectivity index (χ1v) is 8.74. The Morgan fingerprint density at radius 2 is 2.26 bits per heavy atom. The minimum atomic E-state index is -0.345. The van der Waals surface area contributed by atoms with Gasteiger partial charge in [0.2, 0.25) is 5.91 Å². The SMILES string of the molecule is COCCc1nc2sc3c(c2c(=O)n1CCCC(N)=O)CCC3. The number of nitrogens with zero attached hydrogens (tertiary/aromatic N) is 2. The molecule has 1 aliphatic rings. The van der Waals surface area contributed by atoms with Gasteiger partial charge in [0, 0.05) is 31.4 Å². The molecule has 1 aliphatic carbocycles. The number of hydrogen-bond donors (Lipinski definition) is 1. The summed E-state index contributed by atoms with van der Waals surface area (Å²) in [5.74, 6) is 0.385. The number of thiophene rings is 1. The Kier molecular flexibility index (Phi) is 4.77. The average molecular weight is 335 g/mol. The standard InChI is InChI=1S/C16H21N3O3S/c1-22-9-7-13-18-15-14(10-4-2-5-11(10)23-15)16(21)19(13)8-3-6-12(17)20/h2-9H2,1H3,(H2,17,20). The Labute approximate surface area is 138 Å². The monoisotopic (exact) mass is 335 g/mol. The first-order chi connectivity index (χ1) is 11.1. The number of primary amides is 1. The van der Waals surface area contributed by atoms with E-state index in [-0.39, 0.29) is 17.9 Å². The number of carbonyl (C=O) groups is 1. The molecule has 0 unspecified atom stereocenters. The van der Waals surface area contributed by atoms with Crippen LogP contribution in [0.15, 0.2) is 4.79 Å². The van der Waals surface area contributed by atoms with Gasteiger partial charge in [0.05, 0.1) is 12.0 Å². The van der Waals surface area contributed by atoms with Gasteiger partial charge in [0.15, 0.2) is 0 Å². The molecule has 23 heavy (non-hydrogen) atoms. The Morgan fingerprint density at radius 1 is 1.43 bits per heavy atom. The summed E-state index contributed by atoms with van der Waals surface area (Å²) < 4.78 is 6.83. The van der Waals surface area contributed by atoms with E-state index in [0.29, 0.717) is 26.0 Å². The number of nitrogens with two attached hydrogens (primary N) is 1. The molecule has 6 nitrogen and oxygen atoms in total. The van der Waals surface area contributed by atoms with E-state index < -0.39 is 0 Å². The van der Waals surface area contributed by atoms with E-state index >= 15 is 0 Å². The Morgan fingerprint density at radius 3 is 3.00 bits per heavy atom. The van der Waals surface area contributed by atoms with Crippen molar-refractivity contribution in [2.45, 2.75) is 45.1 Å². The first kappa shape index (κ1) is 16.1. The van der Waals surface area contributed by atoms with E-state index in [1.807, 2.05) is 0 Å². The van der Waals surface area contributed by atoms with Crippen LogP contribution < -0.4 is 11.3 Å². The molecule has 0 aliphatic heterocycles. The number of methoxy groups -OCH3 is 1. The lowest BCUT2D eigenvalue weighted by atomic mass is 10.2. The first-order valence-electron chi connectivity index (χ1n) is 7.93. The lowest BCUT2D eigenvalue weighted by Gasteiger charge is -2.12. The fraction of sp³-hybridized carbons (Fsp3) is 0.562. The molecule has 2 aromatic heterocycles. The van der Waals surface area contributed by atoms with Gasteiger partial charge >= 0.3 is 0 Å². The third-order valence-electron chi connectivity index (χ3n) is 4.24. The minimum absolute atomic E-state index is 0.0185. The van der Waals surface area contributed by atoms with Crippen LogP contribution in [-0.4, -0.2) is 29.2 Å². The highest BCUT2D eigenvalue weighted by molar-refractivity contribution is 7.18. The molecule has 0 bridgehead atoms. The van der Waals surface area contributed by atoms with Crippen LogP contribution >= 0.6 is 11.3 Å². The molecule has 1 amide bonds. The second-order valence-corrected chi connectivity index (χ2v) is 6.92. The molecule has 124 valence electrons. The lowest BCUT2D eigenvalue weighted by molar-refractivity contribution is -0.118. The summed E-state index contributed by atoms with van der Waals surface area (Å²) in [5, 5.41) is 0.780. The summed E-state index contributed by atoms with van der Waals surface area (Å²) in [4.78, 5) is 30.8. The summed E-state index contributed by atoms with van der Waals surface area (Å²) in [5.41, 5.74) is 6.40. The largest absolute Gasteiger partial charge is 0.384 e. The second-order valence-electron chi connectivity index (χ2n) is 5.83. The van der Waals surface area contributed by atoms with Crippen molar-refractivity contribution in [3.63, 3.8) is 0 Å². The number of hydrogen-bond acceptors (Lipinski definition) is 5. The number of aromatic nitrogens is 2. The van der Waals surface area contributed by atoms with Crippen LogP contribution in [0.2, 0.25) is 0 Å². The van der Waals surface area contributed by atoms with Crippen LogP contribution in [0.25, 0.3) is 10.2 Å². The molecule has 0 atom stereocenters. The van der Waals surface area contributed by atoms with Gasteiger partial charge in [-0.15, -0.1) is 11.3 Å². The summed E-state index contributed by atoms with van der Waals surface area (Å²) in [6, 6.07) is 0. The predicted octanol–water partition coefficient (Wildman–Crippen LogP) is 1.40. The molecule has 0 saturated heterocycles. The normalized spacial score (nSPS) is 13.6. The average Bonchev–Trinajstić information content (AvgIpc) is 3.07. The second kappa shape index (κ2) is 6.80. The third-order valence-corrected chi connectivity index (χ3v) is 5.42. The zero-order valence-electron chi connectivity index (χ0n) is 13.3. The summed E-state index contributed by atoms with van der Waals surface area (Å²) in [7, 11) is 1.63. The van der Waals surface area contributed by atoms with Crippen LogP contribution in [-0.2, 0) is 35.3 Å². The highest BCUT2D eigenvalue weighted by Crippen LogP contribution is 2.34. The van der Waals surface area contributed by atoms with E-state index in [2.05, 4.69) is 0 Å². The predicted molar refractivity (Wildman–Crippen MR) is 89.9 cm³/mol. The van der Waals surface area contributed by atoms with Crippen molar-refractivity contribution >= 4 is 27.5 Å². The third kappa shape index (κ3) is 3.16. The van der Waals surface area contributed by atoms with Gasteiger partial charge in [-0.25, -0.2) is 4.98 Å². The quantitative estimate of drug-likeness (QED) is 0.828. The van der Waals surface area contributed by atoms with Crippen LogP contribution in [0, 0.1) is 0 Å². The molecule has 2 heterocycles. The molecular formula is C16H21N3O3S. The zero-order valence-corrected chi connectivity index (χ0v) is 14.1. The van der Waals surface area contributed by atoms with Gasteiger partial charge < -0.3 is 10.5 Å². The summed E-state index contributed by atoms with van der Waals surface area (Å²) in [6.45, 7) is 0.979. The summed E-state index contributed by atoms with van der Waals surface area (Å²) >= 11 is 1.65. The van der Waals surface area contributed by atoms with E-state index in [4.69, 9.17) is 15.5 Å². The van der Waals surface area contributed by atoms with Crippen molar-refractivity contribution < 1.29 is 9.53 Å². The fourth-order valence-corrected chi connectivity index (χ4v) is 4.42. The van der Waals surface area contributed by atoms with Gasteiger partial charge in [-0.2, -0.15) is 0 Å². The molecule has 0 aromatic carbocycles. The van der Waals surface area contributed by atoms with Crippen LogP contribution in [0.4, 0.5) is 0 Å². The Bertz CT molecular complexity index is 794. The molecule has 2 aromatic rings. The van der Waals surface area contributed by atoms with Crippen LogP contribution in [0.3, 0.4) is 0 Å². The molecule has 3 rings (SSSR count). The summed E-state index contributed by atoms with van der Waals surface area (Å²) in [6.07, 6.45) is 4.53. The topological polar surface area (TPSA) is 87.2 Å².